The Morgan fingerprint density at radius 1 is 1.00 bits per heavy atom. The number of carbonyl (C=O) groups excluding carboxylic acids is 1. The highest BCUT2D eigenvalue weighted by Crippen LogP contribution is 2.51. The summed E-state index contributed by atoms with van der Waals surface area (Å²) in [5.41, 5.74) is 6.11. The number of nitrogens with one attached hydrogen (secondary N) is 1. The van der Waals surface area contributed by atoms with Crippen LogP contribution in [0.3, 0.4) is 0 Å². The molecule has 1 aromatic heterocycles. The number of hydrogen-bond acceptors (Lipinski definition) is 4. The summed E-state index contributed by atoms with van der Waals surface area (Å²) in [6, 6.07) is 14.4. The molecule has 5 nitrogen and oxygen atoms in total. The molecule has 2 aromatic carbocycles. The Morgan fingerprint density at radius 2 is 1.72 bits per heavy atom. The summed E-state index contributed by atoms with van der Waals surface area (Å²) in [5.74, 6) is 2.55. The fourth-order valence-corrected chi connectivity index (χ4v) is 4.36. The van der Waals surface area contributed by atoms with Crippen LogP contribution in [0.15, 0.2) is 48.7 Å². The molecule has 5 heteroatoms. The van der Waals surface area contributed by atoms with E-state index in [1.54, 1.807) is 0 Å². The van der Waals surface area contributed by atoms with Crippen LogP contribution >= 0.6 is 0 Å². The molecule has 0 unspecified atom stereocenters. The van der Waals surface area contributed by atoms with Crippen molar-refractivity contribution in [1.82, 2.24) is 4.98 Å². The van der Waals surface area contributed by atoms with Crippen LogP contribution in [0, 0.1) is 13.8 Å². The molecule has 1 aliphatic carbocycles. The van der Waals surface area contributed by atoms with E-state index < -0.39 is 5.41 Å². The second kappa shape index (κ2) is 7.66. The van der Waals surface area contributed by atoms with Gasteiger partial charge in [0.15, 0.2) is 11.5 Å². The Hall–Kier alpha value is -3.34. The zero-order chi connectivity index (χ0) is 22.5. The highest BCUT2D eigenvalue weighted by Gasteiger charge is 2.52. The zero-order valence-electron chi connectivity index (χ0n) is 19.0. The number of aromatic nitrogens is 1. The fourth-order valence-electron chi connectivity index (χ4n) is 4.36. The summed E-state index contributed by atoms with van der Waals surface area (Å²) in [5, 5.41) is 3.10. The lowest BCUT2D eigenvalue weighted by atomic mass is 9.94. The molecule has 0 atom stereocenters. The smallest absolute Gasteiger partial charge is 0.236 e. The Morgan fingerprint density at radius 3 is 2.41 bits per heavy atom. The van der Waals surface area contributed by atoms with E-state index in [0.29, 0.717) is 17.5 Å². The molecule has 164 valence electrons. The maximum atomic E-state index is 13.3. The van der Waals surface area contributed by atoms with Gasteiger partial charge in [-0.25, -0.2) is 4.98 Å². The van der Waals surface area contributed by atoms with Gasteiger partial charge in [0.25, 0.3) is 0 Å². The number of amides is 1. The van der Waals surface area contributed by atoms with Crippen molar-refractivity contribution in [3.05, 3.63) is 70.9 Å². The zero-order valence-corrected chi connectivity index (χ0v) is 19.0. The van der Waals surface area contributed by atoms with Gasteiger partial charge >= 0.3 is 0 Å². The number of carbonyl (C=O) groups is 1. The van der Waals surface area contributed by atoms with E-state index in [0.717, 1.165) is 46.4 Å². The number of benzene rings is 2. The summed E-state index contributed by atoms with van der Waals surface area (Å²) >= 11 is 0. The van der Waals surface area contributed by atoms with Crippen molar-refractivity contribution in [2.75, 3.05) is 12.1 Å². The van der Waals surface area contributed by atoms with Crippen molar-refractivity contribution >= 4 is 11.7 Å². The van der Waals surface area contributed by atoms with Crippen molar-refractivity contribution in [3.63, 3.8) is 0 Å². The van der Waals surface area contributed by atoms with Crippen molar-refractivity contribution in [1.29, 1.82) is 0 Å². The van der Waals surface area contributed by atoms with E-state index in [1.165, 1.54) is 5.56 Å². The lowest BCUT2D eigenvalue weighted by molar-refractivity contribution is -0.118. The molecule has 0 radical (unpaired) electrons. The molecule has 0 spiro atoms. The molecule has 2 heterocycles. The topological polar surface area (TPSA) is 60.5 Å². The van der Waals surface area contributed by atoms with Gasteiger partial charge in [0.1, 0.15) is 5.82 Å². The molecule has 1 amide bonds. The number of ether oxygens (including phenoxy) is 2. The minimum absolute atomic E-state index is 0.0135. The summed E-state index contributed by atoms with van der Waals surface area (Å²) in [7, 11) is 0. The molecule has 2 aliphatic rings. The lowest BCUT2D eigenvalue weighted by Gasteiger charge is -2.18. The molecule has 1 saturated carbocycles. The highest BCUT2D eigenvalue weighted by molar-refractivity contribution is 6.01. The third kappa shape index (κ3) is 3.42. The van der Waals surface area contributed by atoms with Crippen LogP contribution in [0.2, 0.25) is 0 Å². The maximum absolute atomic E-state index is 13.3. The standard InChI is InChI=1S/C27H28N2O3/c1-16(2)19-5-7-20(8-6-19)22-14-28-25(18(4)17(22)3)29-26(30)27(11-12-27)21-9-10-23-24(13-21)32-15-31-23/h5-10,13-14,16H,11-12,15H2,1-4H3,(H,28,29,30). The number of nitrogens with zero attached hydrogens (tertiary/aromatic N) is 1. The first kappa shape index (κ1) is 20.6. The number of fused-ring (bicyclic) bond motifs is 1. The minimum Gasteiger partial charge on any atom is -0.454 e. The molecule has 32 heavy (non-hydrogen) atoms. The highest BCUT2D eigenvalue weighted by atomic mass is 16.7. The van der Waals surface area contributed by atoms with Crippen molar-refractivity contribution in [3.8, 4) is 22.6 Å². The first-order chi connectivity index (χ1) is 15.4. The van der Waals surface area contributed by atoms with Crippen LogP contribution in [0.4, 0.5) is 5.82 Å². The predicted octanol–water partition coefficient (Wildman–Crippen LogP) is 5.89. The number of rotatable bonds is 5. The SMILES string of the molecule is Cc1c(-c2ccc(C(C)C)cc2)cnc(NC(=O)C2(c3ccc4c(c3)OCO4)CC2)c1C. The quantitative estimate of drug-likeness (QED) is 0.551. The van der Waals surface area contributed by atoms with Crippen molar-refractivity contribution in [2.45, 2.75) is 51.9 Å². The summed E-state index contributed by atoms with van der Waals surface area (Å²) in [6.07, 6.45) is 3.50. The van der Waals surface area contributed by atoms with E-state index in [-0.39, 0.29) is 12.7 Å². The minimum atomic E-state index is -0.519. The molecule has 1 fully saturated rings. The van der Waals surface area contributed by atoms with Gasteiger partial charge in [-0.15, -0.1) is 0 Å². The van der Waals surface area contributed by atoms with Crippen molar-refractivity contribution < 1.29 is 14.3 Å². The monoisotopic (exact) mass is 428 g/mol. The van der Waals surface area contributed by atoms with Gasteiger partial charge in [-0.2, -0.15) is 0 Å². The molecule has 5 rings (SSSR count). The van der Waals surface area contributed by atoms with E-state index >= 15 is 0 Å². The van der Waals surface area contributed by atoms with Crippen LogP contribution in [0.25, 0.3) is 11.1 Å². The van der Waals surface area contributed by atoms with Crippen LogP contribution in [0.5, 0.6) is 11.5 Å². The molecular weight excluding hydrogens is 400 g/mol. The molecule has 1 aliphatic heterocycles. The van der Waals surface area contributed by atoms with Gasteiger partial charge in [0.2, 0.25) is 12.7 Å². The van der Waals surface area contributed by atoms with E-state index in [4.69, 9.17) is 9.47 Å². The van der Waals surface area contributed by atoms with Crippen LogP contribution < -0.4 is 14.8 Å². The molecule has 0 bridgehead atoms. The van der Waals surface area contributed by atoms with Crippen LogP contribution in [0.1, 0.15) is 54.9 Å². The average Bonchev–Trinajstić information content (AvgIpc) is 3.48. The van der Waals surface area contributed by atoms with Gasteiger partial charge < -0.3 is 14.8 Å². The van der Waals surface area contributed by atoms with E-state index in [1.807, 2.05) is 31.3 Å². The lowest BCUT2D eigenvalue weighted by Crippen LogP contribution is -2.28. The first-order valence-electron chi connectivity index (χ1n) is 11.2. The molecular formula is C27H28N2O3. The Kier molecular flexibility index (Phi) is 4.92. The second-order valence-electron chi connectivity index (χ2n) is 9.15. The Balaban J connectivity index is 1.39. The fraction of sp³-hybridized carbons (Fsp3) is 0.333. The summed E-state index contributed by atoms with van der Waals surface area (Å²) < 4.78 is 10.9. The van der Waals surface area contributed by atoms with Gasteiger partial charge in [0.05, 0.1) is 5.41 Å². The molecule has 3 aromatic rings. The van der Waals surface area contributed by atoms with E-state index in [9.17, 15) is 4.79 Å². The average molecular weight is 429 g/mol. The van der Waals surface area contributed by atoms with Gasteiger partial charge in [0, 0.05) is 11.8 Å². The summed E-state index contributed by atoms with van der Waals surface area (Å²) in [6.45, 7) is 8.72. The third-order valence-electron chi connectivity index (χ3n) is 6.87. The Labute approximate surface area is 188 Å². The first-order valence-corrected chi connectivity index (χ1v) is 11.2. The normalized spacial score (nSPS) is 15.7. The number of pyridine rings is 1. The van der Waals surface area contributed by atoms with Crippen molar-refractivity contribution in [2.24, 2.45) is 0 Å². The van der Waals surface area contributed by atoms with Gasteiger partial charge in [-0.3, -0.25) is 4.79 Å². The second-order valence-corrected chi connectivity index (χ2v) is 9.15. The number of hydrogen-bond donors (Lipinski definition) is 1. The molecule has 0 saturated heterocycles. The maximum Gasteiger partial charge on any atom is 0.236 e. The largest absolute Gasteiger partial charge is 0.454 e. The van der Waals surface area contributed by atoms with Crippen LogP contribution in [-0.4, -0.2) is 17.7 Å². The third-order valence-corrected chi connectivity index (χ3v) is 6.87. The van der Waals surface area contributed by atoms with E-state index in [2.05, 4.69) is 55.3 Å². The summed E-state index contributed by atoms with van der Waals surface area (Å²) in [4.78, 5) is 17.9. The number of anilines is 1. The van der Waals surface area contributed by atoms with Crippen LogP contribution in [-0.2, 0) is 10.2 Å². The van der Waals surface area contributed by atoms with Gasteiger partial charge in [-0.1, -0.05) is 44.2 Å². The van der Waals surface area contributed by atoms with Gasteiger partial charge in [-0.05, 0) is 72.6 Å². The predicted molar refractivity (Wildman–Crippen MR) is 125 cm³/mol. The molecule has 1 N–H and O–H groups in total. The Bertz CT molecular complexity index is 1190.